The summed E-state index contributed by atoms with van der Waals surface area (Å²) in [5, 5.41) is 0. The van der Waals surface area contributed by atoms with Gasteiger partial charge in [-0.05, 0) is 28.1 Å². The maximum Gasteiger partial charge on any atom is 0.240 e. The lowest BCUT2D eigenvalue weighted by molar-refractivity contribution is 0.128. The van der Waals surface area contributed by atoms with E-state index in [-0.39, 0.29) is 6.42 Å². The fourth-order valence-corrected chi connectivity index (χ4v) is 1.15. The van der Waals surface area contributed by atoms with Crippen LogP contribution in [0.2, 0.25) is 0 Å². The van der Waals surface area contributed by atoms with Gasteiger partial charge in [0.2, 0.25) is 6.43 Å². The van der Waals surface area contributed by atoms with Gasteiger partial charge in [0.05, 0.1) is 11.7 Å². The zero-order valence-electron chi connectivity index (χ0n) is 6.75. The van der Waals surface area contributed by atoms with Crippen molar-refractivity contribution in [1.82, 2.24) is 4.98 Å². The van der Waals surface area contributed by atoms with Crippen molar-refractivity contribution < 1.29 is 8.78 Å². The fourth-order valence-electron chi connectivity index (χ4n) is 0.919. The maximum absolute atomic E-state index is 11.9. The summed E-state index contributed by atoms with van der Waals surface area (Å²) in [5.41, 5.74) is 5.98. The van der Waals surface area contributed by atoms with Gasteiger partial charge >= 0.3 is 0 Å². The van der Waals surface area contributed by atoms with Crippen LogP contribution in [-0.4, -0.2) is 11.4 Å². The van der Waals surface area contributed by atoms with E-state index < -0.39 is 12.5 Å². The molecule has 1 heterocycles. The number of aromatic nitrogens is 1. The van der Waals surface area contributed by atoms with E-state index in [1.54, 1.807) is 18.3 Å². The van der Waals surface area contributed by atoms with Gasteiger partial charge in [0.25, 0.3) is 0 Å². The van der Waals surface area contributed by atoms with Crippen LogP contribution < -0.4 is 5.73 Å². The molecular weight excluding hydrogens is 242 g/mol. The number of hydrogen-bond donors (Lipinski definition) is 1. The molecule has 0 aliphatic heterocycles. The fraction of sp³-hybridized carbons (Fsp3) is 0.375. The van der Waals surface area contributed by atoms with E-state index in [1.807, 2.05) is 0 Å². The highest BCUT2D eigenvalue weighted by Gasteiger charge is 2.13. The predicted octanol–water partition coefficient (Wildman–Crippen LogP) is 2.50. The molecule has 0 saturated carbocycles. The third kappa shape index (κ3) is 3.36. The van der Waals surface area contributed by atoms with Gasteiger partial charge in [0, 0.05) is 17.1 Å². The maximum atomic E-state index is 11.9. The van der Waals surface area contributed by atoms with Crippen LogP contribution in [0, 0.1) is 0 Å². The first-order valence-electron chi connectivity index (χ1n) is 3.75. The van der Waals surface area contributed by atoms with Crippen molar-refractivity contribution >= 4 is 15.9 Å². The van der Waals surface area contributed by atoms with Gasteiger partial charge in [-0.1, -0.05) is 0 Å². The van der Waals surface area contributed by atoms with Crippen LogP contribution in [0.25, 0.3) is 0 Å². The van der Waals surface area contributed by atoms with Gasteiger partial charge in [-0.3, -0.25) is 4.98 Å². The molecule has 0 bridgehead atoms. The molecule has 1 atom stereocenters. The van der Waals surface area contributed by atoms with Gasteiger partial charge in [0.1, 0.15) is 0 Å². The number of halogens is 3. The van der Waals surface area contributed by atoms with Crippen molar-refractivity contribution in [3.8, 4) is 0 Å². The quantitative estimate of drug-likeness (QED) is 0.896. The second-order valence-electron chi connectivity index (χ2n) is 2.63. The van der Waals surface area contributed by atoms with Gasteiger partial charge in [0.15, 0.2) is 0 Å². The molecule has 72 valence electrons. The third-order valence-corrected chi connectivity index (χ3v) is 2.03. The Kier molecular flexibility index (Phi) is 3.74. The van der Waals surface area contributed by atoms with E-state index in [0.29, 0.717) is 5.69 Å². The molecule has 0 aliphatic carbocycles. The smallest absolute Gasteiger partial charge is 0.240 e. The normalized spacial score (nSPS) is 13.3. The van der Waals surface area contributed by atoms with Crippen LogP contribution in [0.3, 0.4) is 0 Å². The number of hydrogen-bond acceptors (Lipinski definition) is 2. The van der Waals surface area contributed by atoms with Crippen molar-refractivity contribution in [1.29, 1.82) is 0 Å². The Morgan fingerprint density at radius 3 is 2.62 bits per heavy atom. The van der Waals surface area contributed by atoms with Crippen LogP contribution in [0.5, 0.6) is 0 Å². The summed E-state index contributed by atoms with van der Waals surface area (Å²) in [6, 6.07) is 2.68. The molecule has 5 heteroatoms. The highest BCUT2D eigenvalue weighted by Crippen LogP contribution is 2.17. The van der Waals surface area contributed by atoms with Crippen molar-refractivity contribution in [3.63, 3.8) is 0 Å². The standard InChI is InChI=1S/C8H9BrF2N2/c9-5-1-2-7(13-4-5)6(12)3-8(10)11/h1-2,4,6,8H,3,12H2/t6-/m1/s1. The second kappa shape index (κ2) is 4.62. The molecule has 1 aromatic rings. The number of rotatable bonds is 3. The van der Waals surface area contributed by atoms with E-state index in [9.17, 15) is 8.78 Å². The minimum atomic E-state index is -2.39. The first kappa shape index (κ1) is 10.5. The molecule has 13 heavy (non-hydrogen) atoms. The molecule has 0 amide bonds. The van der Waals surface area contributed by atoms with Crippen LogP contribution in [0.4, 0.5) is 8.78 Å². The first-order valence-corrected chi connectivity index (χ1v) is 4.54. The highest BCUT2D eigenvalue weighted by atomic mass is 79.9. The second-order valence-corrected chi connectivity index (χ2v) is 3.55. The number of nitrogens with two attached hydrogens (primary N) is 1. The molecule has 2 N–H and O–H groups in total. The number of pyridine rings is 1. The van der Waals surface area contributed by atoms with Crippen LogP contribution >= 0.6 is 15.9 Å². The Bertz CT molecular complexity index is 263. The lowest BCUT2D eigenvalue weighted by Gasteiger charge is -2.09. The average Bonchev–Trinajstić information content (AvgIpc) is 2.04. The van der Waals surface area contributed by atoms with Gasteiger partial charge in [-0.2, -0.15) is 0 Å². The molecule has 0 spiro atoms. The summed E-state index contributed by atoms with van der Waals surface area (Å²) in [5.74, 6) is 0. The Morgan fingerprint density at radius 1 is 1.46 bits per heavy atom. The SMILES string of the molecule is N[C@H](CC(F)F)c1ccc(Br)cn1. The summed E-state index contributed by atoms with van der Waals surface area (Å²) in [7, 11) is 0. The minimum absolute atomic E-state index is 0.353. The third-order valence-electron chi connectivity index (χ3n) is 1.56. The van der Waals surface area contributed by atoms with E-state index in [0.717, 1.165) is 4.47 Å². The van der Waals surface area contributed by atoms with Gasteiger partial charge in [-0.15, -0.1) is 0 Å². The van der Waals surface area contributed by atoms with Crippen molar-refractivity contribution in [3.05, 3.63) is 28.5 Å². The van der Waals surface area contributed by atoms with Gasteiger partial charge in [-0.25, -0.2) is 8.78 Å². The minimum Gasteiger partial charge on any atom is -0.322 e. The first-order chi connectivity index (χ1) is 6.09. The molecule has 0 radical (unpaired) electrons. The zero-order valence-corrected chi connectivity index (χ0v) is 8.34. The summed E-state index contributed by atoms with van der Waals surface area (Å²) in [4.78, 5) is 3.93. The summed E-state index contributed by atoms with van der Waals surface area (Å²) in [6.07, 6.45) is -1.20. The molecule has 1 aromatic heterocycles. The summed E-state index contributed by atoms with van der Waals surface area (Å²) < 4.78 is 24.7. The van der Waals surface area contributed by atoms with Crippen molar-refractivity contribution in [2.45, 2.75) is 18.9 Å². The molecule has 0 fully saturated rings. The Morgan fingerprint density at radius 2 is 2.15 bits per heavy atom. The molecule has 2 nitrogen and oxygen atoms in total. The van der Waals surface area contributed by atoms with E-state index in [4.69, 9.17) is 5.73 Å². The largest absolute Gasteiger partial charge is 0.322 e. The van der Waals surface area contributed by atoms with E-state index >= 15 is 0 Å². The Balaban J connectivity index is 2.66. The molecule has 0 aliphatic rings. The van der Waals surface area contributed by atoms with Crippen LogP contribution in [-0.2, 0) is 0 Å². The predicted molar refractivity (Wildman–Crippen MR) is 49.5 cm³/mol. The number of nitrogens with zero attached hydrogens (tertiary/aromatic N) is 1. The molecule has 1 rings (SSSR count). The zero-order chi connectivity index (χ0) is 9.84. The Labute approximate surface area is 83.3 Å². The van der Waals surface area contributed by atoms with Crippen molar-refractivity contribution in [2.75, 3.05) is 0 Å². The van der Waals surface area contributed by atoms with Gasteiger partial charge < -0.3 is 5.73 Å². The van der Waals surface area contributed by atoms with E-state index in [2.05, 4.69) is 20.9 Å². The molecule has 0 saturated heterocycles. The van der Waals surface area contributed by atoms with E-state index in [1.165, 1.54) is 0 Å². The lowest BCUT2D eigenvalue weighted by Crippen LogP contribution is -2.15. The summed E-state index contributed by atoms with van der Waals surface area (Å²) in [6.45, 7) is 0. The monoisotopic (exact) mass is 250 g/mol. The van der Waals surface area contributed by atoms with Crippen molar-refractivity contribution in [2.24, 2.45) is 5.73 Å². The lowest BCUT2D eigenvalue weighted by atomic mass is 10.1. The molecular formula is C8H9BrF2N2. The van der Waals surface area contributed by atoms with Crippen LogP contribution in [0.1, 0.15) is 18.2 Å². The van der Waals surface area contributed by atoms with Crippen LogP contribution in [0.15, 0.2) is 22.8 Å². The molecule has 0 aromatic carbocycles. The summed E-state index contributed by atoms with van der Waals surface area (Å²) >= 11 is 3.19. The average molecular weight is 251 g/mol. The highest BCUT2D eigenvalue weighted by molar-refractivity contribution is 9.10. The Hall–Kier alpha value is -0.550. The number of alkyl halides is 2. The topological polar surface area (TPSA) is 38.9 Å². The molecule has 0 unspecified atom stereocenters.